The molecule has 0 fully saturated rings. The monoisotopic (exact) mass is 461 g/mol. The molecule has 0 aliphatic rings. The minimum absolute atomic E-state index is 0.0668. The van der Waals surface area contributed by atoms with Crippen molar-refractivity contribution in [2.24, 2.45) is 0 Å². The van der Waals surface area contributed by atoms with Crippen molar-refractivity contribution in [2.45, 2.75) is 13.0 Å². The number of hydrogen-bond acceptors (Lipinski definition) is 6. The summed E-state index contributed by atoms with van der Waals surface area (Å²) in [5.74, 6) is -1.47. The quantitative estimate of drug-likeness (QED) is 0.393. The van der Waals surface area contributed by atoms with E-state index in [4.69, 9.17) is 11.6 Å². The molecule has 2 amide bonds. The fourth-order valence-corrected chi connectivity index (χ4v) is 3.32. The van der Waals surface area contributed by atoms with E-state index in [2.05, 4.69) is 9.97 Å². The highest BCUT2D eigenvalue weighted by Crippen LogP contribution is 2.24. The summed E-state index contributed by atoms with van der Waals surface area (Å²) in [6.07, 6.45) is 2.35. The molecule has 0 spiro atoms. The van der Waals surface area contributed by atoms with Gasteiger partial charge in [0.15, 0.2) is 5.82 Å². The first-order valence-electron chi connectivity index (χ1n) is 9.90. The fraction of sp³-hybridized carbons (Fsp3) is 0.167. The van der Waals surface area contributed by atoms with Gasteiger partial charge in [0.05, 0.1) is 24.6 Å². The lowest BCUT2D eigenvalue weighted by atomic mass is 10.1. The van der Waals surface area contributed by atoms with E-state index in [0.717, 1.165) is 0 Å². The zero-order chi connectivity index (χ0) is 24.0. The van der Waals surface area contributed by atoms with Crippen LogP contribution in [0.25, 0.3) is 0 Å². The molecule has 0 saturated heterocycles. The van der Waals surface area contributed by atoms with Crippen LogP contribution in [-0.4, -0.2) is 46.6 Å². The number of ketones is 1. The minimum Gasteiger partial charge on any atom is -0.345 e. The predicted molar refractivity (Wildman–Crippen MR) is 123 cm³/mol. The van der Waals surface area contributed by atoms with Gasteiger partial charge in [0, 0.05) is 42.8 Å². The Morgan fingerprint density at radius 1 is 1.03 bits per heavy atom. The van der Waals surface area contributed by atoms with Crippen LogP contribution in [0, 0.1) is 11.3 Å². The standard InChI is InChI=1S/C24H20ClN5O3/c1-29(2)24(33)18-9-17(14-26)11-20(12-18)30(15-16-5-3-6-19(25)10-16)22(32)13-21(31)23-27-7-4-8-28-23/h3-12H,13,15H2,1-2H3. The van der Waals surface area contributed by atoms with Gasteiger partial charge in [-0.1, -0.05) is 23.7 Å². The van der Waals surface area contributed by atoms with Crippen LogP contribution in [0.4, 0.5) is 5.69 Å². The maximum absolute atomic E-state index is 13.3. The van der Waals surface area contributed by atoms with Crippen LogP contribution in [0.1, 0.15) is 38.5 Å². The molecule has 2 aromatic carbocycles. The number of anilines is 1. The molecular weight excluding hydrogens is 442 g/mol. The second kappa shape index (κ2) is 10.5. The Kier molecular flexibility index (Phi) is 7.49. The summed E-state index contributed by atoms with van der Waals surface area (Å²) < 4.78 is 0. The smallest absolute Gasteiger partial charge is 0.253 e. The van der Waals surface area contributed by atoms with Crippen LogP contribution in [0.5, 0.6) is 0 Å². The van der Waals surface area contributed by atoms with E-state index in [0.29, 0.717) is 16.3 Å². The molecule has 3 rings (SSSR count). The summed E-state index contributed by atoms with van der Waals surface area (Å²) in [5.41, 5.74) is 1.48. The third-order valence-corrected chi connectivity index (χ3v) is 4.90. The van der Waals surface area contributed by atoms with Crippen molar-refractivity contribution in [3.63, 3.8) is 0 Å². The summed E-state index contributed by atoms with van der Waals surface area (Å²) in [5, 5.41) is 9.97. The summed E-state index contributed by atoms with van der Waals surface area (Å²) in [6.45, 7) is 0.0762. The van der Waals surface area contributed by atoms with Crippen molar-refractivity contribution in [1.82, 2.24) is 14.9 Å². The number of hydrogen-bond donors (Lipinski definition) is 0. The zero-order valence-electron chi connectivity index (χ0n) is 18.0. The third kappa shape index (κ3) is 5.99. The summed E-state index contributed by atoms with van der Waals surface area (Å²) in [7, 11) is 3.18. The molecule has 8 nitrogen and oxygen atoms in total. The molecule has 1 aromatic heterocycles. The van der Waals surface area contributed by atoms with Gasteiger partial charge < -0.3 is 9.80 Å². The number of benzene rings is 2. The van der Waals surface area contributed by atoms with Gasteiger partial charge in [-0.15, -0.1) is 0 Å². The average molecular weight is 462 g/mol. The van der Waals surface area contributed by atoms with Gasteiger partial charge in [-0.3, -0.25) is 14.4 Å². The van der Waals surface area contributed by atoms with Crippen molar-refractivity contribution in [3.05, 3.63) is 88.5 Å². The highest BCUT2D eigenvalue weighted by Gasteiger charge is 2.23. The van der Waals surface area contributed by atoms with Gasteiger partial charge in [0.1, 0.15) is 0 Å². The van der Waals surface area contributed by atoms with Gasteiger partial charge >= 0.3 is 0 Å². The van der Waals surface area contributed by atoms with Crippen molar-refractivity contribution < 1.29 is 14.4 Å². The Bertz CT molecular complexity index is 1240. The Morgan fingerprint density at radius 2 is 1.76 bits per heavy atom. The topological polar surface area (TPSA) is 107 Å². The maximum Gasteiger partial charge on any atom is 0.253 e. The van der Waals surface area contributed by atoms with Crippen LogP contribution in [0.2, 0.25) is 5.02 Å². The Morgan fingerprint density at radius 3 is 2.39 bits per heavy atom. The second-order valence-corrected chi connectivity index (χ2v) is 7.80. The van der Waals surface area contributed by atoms with Gasteiger partial charge in [0.25, 0.3) is 5.91 Å². The van der Waals surface area contributed by atoms with Crippen molar-refractivity contribution >= 4 is 34.9 Å². The van der Waals surface area contributed by atoms with E-state index in [9.17, 15) is 19.6 Å². The number of carbonyl (C=O) groups excluding carboxylic acids is 3. The molecule has 0 saturated carbocycles. The summed E-state index contributed by atoms with van der Waals surface area (Å²) in [6, 6.07) is 15.0. The third-order valence-electron chi connectivity index (χ3n) is 4.67. The van der Waals surface area contributed by atoms with Crippen LogP contribution in [0.15, 0.2) is 60.9 Å². The average Bonchev–Trinajstić information content (AvgIpc) is 2.82. The summed E-state index contributed by atoms with van der Waals surface area (Å²) >= 11 is 6.10. The lowest BCUT2D eigenvalue weighted by molar-refractivity contribution is -0.117. The van der Waals surface area contributed by atoms with Crippen LogP contribution in [0.3, 0.4) is 0 Å². The van der Waals surface area contributed by atoms with Gasteiger partial charge in [-0.25, -0.2) is 9.97 Å². The van der Waals surface area contributed by atoms with E-state index in [1.54, 1.807) is 44.4 Å². The Labute approximate surface area is 196 Å². The molecule has 0 aliphatic carbocycles. The van der Waals surface area contributed by atoms with Crippen molar-refractivity contribution in [2.75, 3.05) is 19.0 Å². The molecule has 0 atom stereocenters. The van der Waals surface area contributed by atoms with Gasteiger partial charge in [-0.05, 0) is 42.0 Å². The lowest BCUT2D eigenvalue weighted by Gasteiger charge is -2.24. The fourth-order valence-electron chi connectivity index (χ4n) is 3.11. The SMILES string of the molecule is CN(C)C(=O)c1cc(C#N)cc(N(Cc2cccc(Cl)c2)C(=O)CC(=O)c2ncccn2)c1. The number of rotatable bonds is 7. The zero-order valence-corrected chi connectivity index (χ0v) is 18.8. The molecule has 0 unspecified atom stereocenters. The highest BCUT2D eigenvalue weighted by molar-refractivity contribution is 6.30. The molecule has 0 bridgehead atoms. The highest BCUT2D eigenvalue weighted by atomic mass is 35.5. The molecule has 1 heterocycles. The predicted octanol–water partition coefficient (Wildman–Crippen LogP) is 3.51. The van der Waals surface area contributed by atoms with Gasteiger partial charge in [-0.2, -0.15) is 5.26 Å². The van der Waals surface area contributed by atoms with Crippen LogP contribution < -0.4 is 4.90 Å². The van der Waals surface area contributed by atoms with E-state index in [1.807, 2.05) is 6.07 Å². The summed E-state index contributed by atoms with van der Waals surface area (Å²) in [4.78, 5) is 48.9. The molecule has 166 valence electrons. The number of aromatic nitrogens is 2. The van der Waals surface area contributed by atoms with E-state index < -0.39 is 18.1 Å². The molecule has 0 radical (unpaired) electrons. The Hall–Kier alpha value is -4.09. The second-order valence-electron chi connectivity index (χ2n) is 7.36. The van der Waals surface area contributed by atoms with Crippen molar-refractivity contribution in [1.29, 1.82) is 5.26 Å². The Balaban J connectivity index is 2.02. The molecular formula is C24H20ClN5O3. The van der Waals surface area contributed by atoms with Crippen molar-refractivity contribution in [3.8, 4) is 6.07 Å². The van der Waals surface area contributed by atoms with E-state index >= 15 is 0 Å². The first kappa shape index (κ1) is 23.6. The first-order chi connectivity index (χ1) is 15.8. The number of halogens is 1. The number of nitrogens with zero attached hydrogens (tertiary/aromatic N) is 5. The molecule has 9 heteroatoms. The molecule has 33 heavy (non-hydrogen) atoms. The largest absolute Gasteiger partial charge is 0.345 e. The number of amides is 2. The lowest BCUT2D eigenvalue weighted by Crippen LogP contribution is -2.33. The van der Waals surface area contributed by atoms with Crippen LogP contribution in [-0.2, 0) is 11.3 Å². The van der Waals surface area contributed by atoms with E-state index in [-0.39, 0.29) is 29.4 Å². The molecule has 0 N–H and O–H groups in total. The van der Waals surface area contributed by atoms with Gasteiger partial charge in [0.2, 0.25) is 11.7 Å². The molecule has 3 aromatic rings. The maximum atomic E-state index is 13.3. The number of carbonyl (C=O) groups is 3. The number of nitriles is 1. The first-order valence-corrected chi connectivity index (χ1v) is 10.3. The van der Waals surface area contributed by atoms with E-state index in [1.165, 1.54) is 40.4 Å². The minimum atomic E-state index is -0.544. The molecule has 0 aliphatic heterocycles. The van der Waals surface area contributed by atoms with Crippen LogP contribution >= 0.6 is 11.6 Å². The normalized spacial score (nSPS) is 10.2. The number of Topliss-reactive ketones (excluding diaryl/α,β-unsaturated/α-hetero) is 1.